The third-order valence-corrected chi connectivity index (χ3v) is 16.3. The topological polar surface area (TPSA) is 8.17 Å². The fourth-order valence-electron chi connectivity index (χ4n) is 12.6. The molecule has 75 heavy (non-hydrogen) atoms. The number of nitrogens with zero attached hydrogens (tertiary/aromatic N) is 2. The Hall–Kier alpha value is -9.50. The second-order valence-electron chi connectivity index (χ2n) is 20.9. The predicted molar refractivity (Wildman–Crippen MR) is 318 cm³/mol. The quantitative estimate of drug-likeness (QED) is 0.138. The van der Waals surface area contributed by atoms with Gasteiger partial charge in [-0.25, -0.2) is 0 Å². The first kappa shape index (κ1) is 43.1. The van der Waals surface area contributed by atoms with Gasteiger partial charge in [-0.3, -0.25) is 0 Å². The second-order valence-corrected chi connectivity index (χ2v) is 20.9. The molecule has 15 rings (SSSR count). The highest BCUT2D eigenvalue weighted by Gasteiger charge is 2.36. The monoisotopic (exact) mass is 954 g/mol. The number of fused-ring (bicyclic) bond motifs is 7. The molecule has 0 N–H and O–H groups in total. The molecule has 0 saturated heterocycles. The summed E-state index contributed by atoms with van der Waals surface area (Å²) in [6, 6.07) is 98.9. The predicted octanol–water partition coefficient (Wildman–Crippen LogP) is 20.1. The van der Waals surface area contributed by atoms with Crippen molar-refractivity contribution in [1.29, 1.82) is 0 Å². The zero-order valence-electron chi connectivity index (χ0n) is 41.8. The van der Waals surface area contributed by atoms with E-state index in [-0.39, 0.29) is 5.41 Å². The van der Waals surface area contributed by atoms with E-state index in [4.69, 9.17) is 0 Å². The molecule has 0 aliphatic heterocycles. The summed E-state index contributed by atoms with van der Waals surface area (Å²) < 4.78 is 2.50. The van der Waals surface area contributed by atoms with Crippen molar-refractivity contribution in [3.63, 3.8) is 0 Å². The van der Waals surface area contributed by atoms with Gasteiger partial charge in [0.05, 0.1) is 11.0 Å². The van der Waals surface area contributed by atoms with E-state index in [2.05, 4.69) is 290 Å². The minimum absolute atomic E-state index is 0.257. The van der Waals surface area contributed by atoms with E-state index in [0.717, 1.165) is 22.7 Å². The molecule has 0 amide bonds. The van der Waals surface area contributed by atoms with Crippen LogP contribution in [-0.2, 0) is 5.41 Å². The van der Waals surface area contributed by atoms with Crippen molar-refractivity contribution >= 4 is 71.2 Å². The molecular weight excluding hydrogens is 905 g/mol. The lowest BCUT2D eigenvalue weighted by molar-refractivity contribution is 0.660. The largest absolute Gasteiger partial charge is 0.310 e. The number of hydrogen-bond donors (Lipinski definition) is 0. The first-order chi connectivity index (χ1) is 36.9. The molecule has 14 aromatic rings. The summed E-state index contributed by atoms with van der Waals surface area (Å²) in [7, 11) is 0. The summed E-state index contributed by atoms with van der Waals surface area (Å²) >= 11 is 0. The van der Waals surface area contributed by atoms with Gasteiger partial charge in [-0.2, -0.15) is 0 Å². The van der Waals surface area contributed by atoms with Crippen molar-refractivity contribution in [1.82, 2.24) is 4.57 Å². The van der Waals surface area contributed by atoms with Crippen LogP contribution in [0.1, 0.15) is 25.0 Å². The third-order valence-electron chi connectivity index (χ3n) is 16.3. The zero-order chi connectivity index (χ0) is 49.8. The Morgan fingerprint density at radius 1 is 0.293 bits per heavy atom. The maximum atomic E-state index is 2.50. The average molecular weight is 955 g/mol. The van der Waals surface area contributed by atoms with Crippen molar-refractivity contribution in [2.75, 3.05) is 4.90 Å². The SMILES string of the molecule is CC1(C)c2cc(-c3ccc4c5c6ccc7cccc8ccc(cc5n(-c5ccc(-c9ccccc9)cc5)c4c3)c6c87)ccc2-c2ccc(N(c3ccc(-c4ccccc4)cc3)c3ccc(-c4ccccc4)cc3)cc21. The fraction of sp³-hybridized carbons (Fsp3) is 0.0411. The first-order valence-electron chi connectivity index (χ1n) is 26.1. The normalized spacial score (nSPS) is 12.8. The van der Waals surface area contributed by atoms with Gasteiger partial charge in [0.2, 0.25) is 0 Å². The molecule has 1 aliphatic rings. The molecule has 0 fully saturated rings. The van der Waals surface area contributed by atoms with Gasteiger partial charge in [0, 0.05) is 38.9 Å². The van der Waals surface area contributed by atoms with Crippen LogP contribution >= 0.6 is 0 Å². The Balaban J connectivity index is 0.848. The molecule has 0 unspecified atom stereocenters. The summed E-state index contributed by atoms with van der Waals surface area (Å²) in [4.78, 5) is 2.41. The van der Waals surface area contributed by atoms with Gasteiger partial charge in [-0.15, -0.1) is 0 Å². The van der Waals surface area contributed by atoms with Crippen molar-refractivity contribution in [3.8, 4) is 61.3 Å². The van der Waals surface area contributed by atoms with E-state index in [1.54, 1.807) is 0 Å². The van der Waals surface area contributed by atoms with E-state index >= 15 is 0 Å². The van der Waals surface area contributed by atoms with Gasteiger partial charge in [0.25, 0.3) is 0 Å². The molecule has 0 radical (unpaired) electrons. The number of anilines is 3. The van der Waals surface area contributed by atoms with Gasteiger partial charge < -0.3 is 9.47 Å². The Kier molecular flexibility index (Phi) is 9.65. The molecular formula is C73H50N2. The molecule has 13 aromatic carbocycles. The van der Waals surface area contributed by atoms with Gasteiger partial charge in [-0.05, 0) is 166 Å². The summed E-state index contributed by atoms with van der Waals surface area (Å²) in [5.41, 5.74) is 21.6. The standard InChI is InChI=1S/C73H50N2/c1-73(2)66-43-55(30-39-62(66)63-42-38-61(46-67(63)73)74(58-32-23-50(24-33-58)47-13-6-3-7-14-47)59-34-25-51(26-35-59)48-15-8-4-9-16-48)56-31-40-64-68(44-56)75(60-36-27-52(28-37-60)49-17-10-5-11-18-49)69-45-57-22-21-53-19-12-20-54-29-41-65(72(64)69)71(57)70(53)54/h3-46H,1-2H3. The van der Waals surface area contributed by atoms with Crippen LogP contribution < -0.4 is 4.90 Å². The van der Waals surface area contributed by atoms with Crippen molar-refractivity contribution in [3.05, 3.63) is 278 Å². The third kappa shape index (κ3) is 6.87. The van der Waals surface area contributed by atoms with Crippen LogP contribution in [0.3, 0.4) is 0 Å². The van der Waals surface area contributed by atoms with Crippen molar-refractivity contribution < 1.29 is 0 Å². The molecule has 1 aliphatic carbocycles. The molecule has 1 heterocycles. The summed E-state index contributed by atoms with van der Waals surface area (Å²) in [5, 5.41) is 10.4. The van der Waals surface area contributed by atoms with Crippen LogP contribution in [0, 0.1) is 0 Å². The Morgan fingerprint density at radius 3 is 1.35 bits per heavy atom. The smallest absolute Gasteiger partial charge is 0.0553 e. The molecule has 0 saturated carbocycles. The van der Waals surface area contributed by atoms with Gasteiger partial charge in [-0.1, -0.05) is 214 Å². The Labute approximate surface area is 437 Å². The molecule has 352 valence electrons. The number of hydrogen-bond acceptors (Lipinski definition) is 1. The Bertz CT molecular complexity index is 4390. The lowest BCUT2D eigenvalue weighted by atomic mass is 9.81. The maximum absolute atomic E-state index is 2.50. The molecule has 2 nitrogen and oxygen atoms in total. The minimum atomic E-state index is -0.257. The Morgan fingerprint density at radius 2 is 0.747 bits per heavy atom. The lowest BCUT2D eigenvalue weighted by Crippen LogP contribution is -2.16. The first-order valence-corrected chi connectivity index (χ1v) is 26.1. The van der Waals surface area contributed by atoms with Crippen molar-refractivity contribution in [2.24, 2.45) is 0 Å². The van der Waals surface area contributed by atoms with Crippen LogP contribution in [-0.4, -0.2) is 4.57 Å². The highest BCUT2D eigenvalue weighted by molar-refractivity contribution is 6.33. The highest BCUT2D eigenvalue weighted by Crippen LogP contribution is 2.52. The van der Waals surface area contributed by atoms with E-state index in [9.17, 15) is 0 Å². The van der Waals surface area contributed by atoms with Gasteiger partial charge in [0.1, 0.15) is 0 Å². The second kappa shape index (κ2) is 16.8. The van der Waals surface area contributed by atoms with E-state index in [0.29, 0.717) is 0 Å². The highest BCUT2D eigenvalue weighted by atomic mass is 15.1. The molecule has 0 bridgehead atoms. The fourth-order valence-corrected chi connectivity index (χ4v) is 12.6. The zero-order valence-corrected chi connectivity index (χ0v) is 41.8. The minimum Gasteiger partial charge on any atom is -0.310 e. The summed E-state index contributed by atoms with van der Waals surface area (Å²) in [6.45, 7) is 4.80. The van der Waals surface area contributed by atoms with Crippen LogP contribution in [0.4, 0.5) is 17.1 Å². The van der Waals surface area contributed by atoms with Crippen LogP contribution in [0.25, 0.3) is 115 Å². The van der Waals surface area contributed by atoms with Crippen molar-refractivity contribution in [2.45, 2.75) is 19.3 Å². The van der Waals surface area contributed by atoms with Crippen LogP contribution in [0.2, 0.25) is 0 Å². The van der Waals surface area contributed by atoms with E-state index in [1.165, 1.54) is 121 Å². The van der Waals surface area contributed by atoms with Gasteiger partial charge in [0.15, 0.2) is 0 Å². The molecule has 1 aromatic heterocycles. The molecule has 0 atom stereocenters. The summed E-state index contributed by atoms with van der Waals surface area (Å²) in [5.74, 6) is 0. The molecule has 0 spiro atoms. The lowest BCUT2D eigenvalue weighted by Gasteiger charge is -2.28. The van der Waals surface area contributed by atoms with E-state index < -0.39 is 0 Å². The van der Waals surface area contributed by atoms with Crippen LogP contribution in [0.5, 0.6) is 0 Å². The van der Waals surface area contributed by atoms with Crippen LogP contribution in [0.15, 0.2) is 267 Å². The maximum Gasteiger partial charge on any atom is 0.0553 e. The van der Waals surface area contributed by atoms with E-state index in [1.807, 2.05) is 0 Å². The number of benzene rings is 13. The van der Waals surface area contributed by atoms with Gasteiger partial charge >= 0.3 is 0 Å². The summed E-state index contributed by atoms with van der Waals surface area (Å²) in [6.07, 6.45) is 0. The number of rotatable bonds is 8. The average Bonchev–Trinajstić information content (AvgIpc) is 3.95. The molecule has 2 heteroatoms. The number of aromatic nitrogens is 1.